The van der Waals surface area contributed by atoms with Gasteiger partial charge in [0.2, 0.25) is 5.91 Å². The molecule has 1 aliphatic carbocycles. The Morgan fingerprint density at radius 1 is 1.19 bits per heavy atom. The first-order chi connectivity index (χ1) is 12.6. The number of anilines is 1. The van der Waals surface area contributed by atoms with E-state index < -0.39 is 0 Å². The predicted molar refractivity (Wildman–Crippen MR) is 98.7 cm³/mol. The molecular formula is C18H16N4O3S. The van der Waals surface area contributed by atoms with Gasteiger partial charge in [-0.15, -0.1) is 0 Å². The number of carbonyl (C=O) groups excluding carboxylic acids is 2. The largest absolute Gasteiger partial charge is 0.302 e. The summed E-state index contributed by atoms with van der Waals surface area (Å²) in [5.74, 6) is -0.161. The average Bonchev–Trinajstić information content (AvgIpc) is 3.42. The van der Waals surface area contributed by atoms with Crippen LogP contribution < -0.4 is 10.8 Å². The molecule has 132 valence electrons. The zero-order valence-corrected chi connectivity index (χ0v) is 14.8. The summed E-state index contributed by atoms with van der Waals surface area (Å²) in [5, 5.41) is 3.42. The van der Waals surface area contributed by atoms with Gasteiger partial charge in [0.25, 0.3) is 5.91 Å². The molecule has 8 heteroatoms. The van der Waals surface area contributed by atoms with E-state index in [0.29, 0.717) is 10.7 Å². The van der Waals surface area contributed by atoms with Gasteiger partial charge >= 0.3 is 0 Å². The summed E-state index contributed by atoms with van der Waals surface area (Å²) in [6, 6.07) is 10.8. The third-order valence-electron chi connectivity index (χ3n) is 4.05. The van der Waals surface area contributed by atoms with E-state index in [1.807, 2.05) is 18.2 Å². The molecule has 1 fully saturated rings. The first kappa shape index (κ1) is 16.6. The molecule has 2 heterocycles. The lowest BCUT2D eigenvalue weighted by Gasteiger charge is -2.05. The minimum Gasteiger partial charge on any atom is -0.302 e. The van der Waals surface area contributed by atoms with Crippen LogP contribution >= 0.6 is 11.3 Å². The minimum atomic E-state index is -0.321. The zero-order valence-electron chi connectivity index (χ0n) is 14.0. The number of nitrogens with zero attached hydrogens (tertiary/aromatic N) is 2. The van der Waals surface area contributed by atoms with Gasteiger partial charge in [-0.2, -0.15) is 0 Å². The quantitative estimate of drug-likeness (QED) is 0.675. The Balaban J connectivity index is 1.61. The molecule has 0 saturated heterocycles. The van der Waals surface area contributed by atoms with Gasteiger partial charge in [0.05, 0.1) is 12.8 Å². The first-order valence-corrected chi connectivity index (χ1v) is 8.98. The van der Waals surface area contributed by atoms with Crippen molar-refractivity contribution in [2.24, 2.45) is 5.92 Å². The molecule has 0 bridgehead atoms. The van der Waals surface area contributed by atoms with Gasteiger partial charge in [0.1, 0.15) is 10.3 Å². The molecule has 1 aromatic carbocycles. The highest BCUT2D eigenvalue weighted by Crippen LogP contribution is 2.32. The van der Waals surface area contributed by atoms with Gasteiger partial charge in [-0.25, -0.2) is 15.4 Å². The lowest BCUT2D eigenvalue weighted by Crippen LogP contribution is -2.21. The highest BCUT2D eigenvalue weighted by atomic mass is 32.1. The number of thiazole rings is 1. The molecule has 26 heavy (non-hydrogen) atoms. The van der Waals surface area contributed by atoms with Gasteiger partial charge < -0.3 is 5.32 Å². The number of hydroxylamine groups is 1. The van der Waals surface area contributed by atoms with Crippen LogP contribution in [0.1, 0.15) is 23.2 Å². The molecule has 2 amide bonds. The Bertz CT molecular complexity index is 997. The fraction of sp³-hybridized carbons (Fsp3) is 0.222. The number of aromatic nitrogens is 2. The van der Waals surface area contributed by atoms with E-state index in [4.69, 9.17) is 0 Å². The van der Waals surface area contributed by atoms with E-state index >= 15 is 0 Å². The number of hydrogen-bond donors (Lipinski definition) is 2. The first-order valence-electron chi connectivity index (χ1n) is 8.16. The lowest BCUT2D eigenvalue weighted by molar-refractivity contribution is -0.117. The van der Waals surface area contributed by atoms with Crippen LogP contribution in [0.15, 0.2) is 36.4 Å². The Labute approximate surface area is 153 Å². The van der Waals surface area contributed by atoms with Crippen LogP contribution in [0.5, 0.6) is 0 Å². The number of carbonyl (C=O) groups is 2. The van der Waals surface area contributed by atoms with Crippen LogP contribution in [0.25, 0.3) is 21.6 Å². The zero-order chi connectivity index (χ0) is 18.1. The molecule has 0 spiro atoms. The number of pyridine rings is 1. The fourth-order valence-corrected chi connectivity index (χ4v) is 3.40. The molecule has 3 aromatic rings. The second-order valence-corrected chi connectivity index (χ2v) is 7.00. The normalized spacial score (nSPS) is 13.6. The van der Waals surface area contributed by atoms with Crippen molar-refractivity contribution in [3.05, 3.63) is 42.0 Å². The summed E-state index contributed by atoms with van der Waals surface area (Å²) in [6.45, 7) is 0. The molecule has 0 aliphatic heterocycles. The SMILES string of the molecule is CONC(=O)c1cccc(-c2ccc3nc(NC(=O)C4CC4)sc3n2)c1. The molecule has 7 nitrogen and oxygen atoms in total. The maximum atomic E-state index is 11.9. The monoisotopic (exact) mass is 368 g/mol. The topological polar surface area (TPSA) is 93.2 Å². The Kier molecular flexibility index (Phi) is 4.36. The summed E-state index contributed by atoms with van der Waals surface area (Å²) in [4.78, 5) is 38.2. The van der Waals surface area contributed by atoms with Crippen LogP contribution in [0.4, 0.5) is 5.13 Å². The molecule has 2 aromatic heterocycles. The highest BCUT2D eigenvalue weighted by molar-refractivity contribution is 7.22. The number of nitrogens with one attached hydrogen (secondary N) is 2. The number of fused-ring (bicyclic) bond motifs is 1. The number of rotatable bonds is 5. The van der Waals surface area contributed by atoms with Crippen LogP contribution in [-0.2, 0) is 9.63 Å². The number of benzene rings is 1. The van der Waals surface area contributed by atoms with Crippen molar-refractivity contribution >= 4 is 38.6 Å². The van der Waals surface area contributed by atoms with Crippen LogP contribution in [-0.4, -0.2) is 28.9 Å². The second-order valence-electron chi connectivity index (χ2n) is 6.02. The Morgan fingerprint density at radius 2 is 2.04 bits per heavy atom. The Hall–Kier alpha value is -2.84. The molecule has 1 saturated carbocycles. The van der Waals surface area contributed by atoms with E-state index in [1.165, 1.54) is 18.4 Å². The van der Waals surface area contributed by atoms with Gasteiger partial charge in [-0.1, -0.05) is 23.5 Å². The maximum Gasteiger partial charge on any atom is 0.274 e. The van der Waals surface area contributed by atoms with E-state index in [-0.39, 0.29) is 17.7 Å². The number of amides is 2. The highest BCUT2D eigenvalue weighted by Gasteiger charge is 2.30. The number of hydrogen-bond acceptors (Lipinski definition) is 6. The van der Waals surface area contributed by atoms with Crippen molar-refractivity contribution in [2.45, 2.75) is 12.8 Å². The molecule has 2 N–H and O–H groups in total. The van der Waals surface area contributed by atoms with E-state index in [0.717, 1.165) is 34.4 Å². The van der Waals surface area contributed by atoms with Crippen molar-refractivity contribution in [1.29, 1.82) is 0 Å². The summed E-state index contributed by atoms with van der Waals surface area (Å²) >= 11 is 1.34. The van der Waals surface area contributed by atoms with Gasteiger partial charge in [-0.05, 0) is 37.1 Å². The van der Waals surface area contributed by atoms with Crippen molar-refractivity contribution in [3.63, 3.8) is 0 Å². The van der Waals surface area contributed by atoms with Gasteiger partial charge in [0.15, 0.2) is 5.13 Å². The smallest absolute Gasteiger partial charge is 0.274 e. The molecular weight excluding hydrogens is 352 g/mol. The molecule has 0 radical (unpaired) electrons. The third-order valence-corrected chi connectivity index (χ3v) is 4.93. The standard InChI is InChI=1S/C18H16N4O3S/c1-25-22-16(24)12-4-2-3-11(9-12)13-7-8-14-17(19-13)26-18(20-14)21-15(23)10-5-6-10/h2-4,7-10H,5-6H2,1H3,(H,22,24)(H,20,21,23). The summed E-state index contributed by atoms with van der Waals surface area (Å²) in [7, 11) is 1.39. The predicted octanol–water partition coefficient (Wildman–Crippen LogP) is 3.00. The van der Waals surface area contributed by atoms with E-state index in [2.05, 4.69) is 25.6 Å². The maximum absolute atomic E-state index is 11.9. The Morgan fingerprint density at radius 3 is 2.81 bits per heavy atom. The van der Waals surface area contributed by atoms with E-state index in [1.54, 1.807) is 18.2 Å². The van der Waals surface area contributed by atoms with E-state index in [9.17, 15) is 9.59 Å². The molecule has 4 rings (SSSR count). The van der Waals surface area contributed by atoms with Crippen molar-refractivity contribution in [1.82, 2.24) is 15.4 Å². The van der Waals surface area contributed by atoms with Gasteiger partial charge in [0, 0.05) is 17.0 Å². The second kappa shape index (κ2) is 6.81. The van der Waals surface area contributed by atoms with Crippen LogP contribution in [0, 0.1) is 5.92 Å². The van der Waals surface area contributed by atoms with Gasteiger partial charge in [-0.3, -0.25) is 14.4 Å². The lowest BCUT2D eigenvalue weighted by atomic mass is 10.1. The third kappa shape index (κ3) is 3.42. The summed E-state index contributed by atoms with van der Waals surface area (Å²) in [6.07, 6.45) is 1.90. The van der Waals surface area contributed by atoms with Crippen LogP contribution in [0.3, 0.4) is 0 Å². The van der Waals surface area contributed by atoms with Crippen LogP contribution in [0.2, 0.25) is 0 Å². The molecule has 0 atom stereocenters. The fourth-order valence-electron chi connectivity index (χ4n) is 2.56. The molecule has 0 unspecified atom stereocenters. The van der Waals surface area contributed by atoms with Crippen molar-refractivity contribution in [3.8, 4) is 11.3 Å². The van der Waals surface area contributed by atoms with Crippen molar-refractivity contribution < 1.29 is 14.4 Å². The van der Waals surface area contributed by atoms with Crippen molar-refractivity contribution in [2.75, 3.05) is 12.4 Å². The average molecular weight is 368 g/mol. The molecule has 1 aliphatic rings. The minimum absolute atomic E-state index is 0.0288. The summed E-state index contributed by atoms with van der Waals surface area (Å²) < 4.78 is 0. The summed E-state index contributed by atoms with van der Waals surface area (Å²) in [5.41, 5.74) is 5.05.